The van der Waals surface area contributed by atoms with Gasteiger partial charge in [-0.1, -0.05) is 19.1 Å². The zero-order chi connectivity index (χ0) is 16.2. The summed E-state index contributed by atoms with van der Waals surface area (Å²) in [4.78, 5) is 14.9. The molecule has 1 fully saturated rings. The molecule has 1 N–H and O–H groups in total. The lowest BCUT2D eigenvalue weighted by molar-refractivity contribution is 0.0908. The maximum absolute atomic E-state index is 12.4. The van der Waals surface area contributed by atoms with Crippen molar-refractivity contribution in [2.45, 2.75) is 37.1 Å². The van der Waals surface area contributed by atoms with Gasteiger partial charge in [0.05, 0.1) is 10.5 Å². The van der Waals surface area contributed by atoms with Crippen LogP contribution >= 0.6 is 0 Å². The Morgan fingerprint density at radius 1 is 1.27 bits per heavy atom. The molecule has 122 valence electrons. The third-order valence-corrected chi connectivity index (χ3v) is 5.15. The zero-order valence-corrected chi connectivity index (χ0v) is 14.0. The Kier molecular flexibility index (Phi) is 5.58. The van der Waals surface area contributed by atoms with Crippen molar-refractivity contribution in [3.63, 3.8) is 0 Å². The van der Waals surface area contributed by atoms with Crippen LogP contribution in [-0.2, 0) is 9.84 Å². The van der Waals surface area contributed by atoms with E-state index in [1.165, 1.54) is 6.07 Å². The highest BCUT2D eigenvalue weighted by Gasteiger charge is 2.23. The topological polar surface area (TPSA) is 66.5 Å². The molecule has 6 heteroatoms. The van der Waals surface area contributed by atoms with Gasteiger partial charge in [-0.15, -0.1) is 0 Å². The van der Waals surface area contributed by atoms with Gasteiger partial charge in [-0.05, 0) is 37.9 Å². The number of carbonyl (C=O) groups excluding carboxylic acids is 1. The number of benzene rings is 1. The molecule has 1 aromatic carbocycles. The molecule has 0 atom stereocenters. The van der Waals surface area contributed by atoms with Crippen LogP contribution in [0.4, 0.5) is 0 Å². The second-order valence-corrected chi connectivity index (χ2v) is 7.84. The van der Waals surface area contributed by atoms with E-state index in [0.717, 1.165) is 45.2 Å². The van der Waals surface area contributed by atoms with Crippen LogP contribution in [0.1, 0.15) is 36.5 Å². The first-order valence-corrected chi connectivity index (χ1v) is 9.63. The van der Waals surface area contributed by atoms with Gasteiger partial charge in [-0.3, -0.25) is 4.79 Å². The summed E-state index contributed by atoms with van der Waals surface area (Å²) in [5, 5.41) is 2.98. The number of rotatable bonds is 5. The third kappa shape index (κ3) is 4.30. The standard InChI is InChI=1S/C16H24N2O3S/c1-3-10-18-11-8-13(9-12-18)17-16(19)14-6-4-5-7-15(14)22(2,20)21/h4-7,13H,3,8-12H2,1-2H3,(H,17,19). The van der Waals surface area contributed by atoms with Gasteiger partial charge in [-0.25, -0.2) is 8.42 Å². The second-order valence-electron chi connectivity index (χ2n) is 5.86. The quantitative estimate of drug-likeness (QED) is 0.895. The molecule has 0 bridgehead atoms. The predicted octanol–water partition coefficient (Wildman–Crippen LogP) is 1.69. The van der Waals surface area contributed by atoms with Crippen LogP contribution in [0.2, 0.25) is 0 Å². The summed E-state index contributed by atoms with van der Waals surface area (Å²) in [5.41, 5.74) is 0.237. The number of sulfone groups is 1. The van der Waals surface area contributed by atoms with Crippen LogP contribution in [0.15, 0.2) is 29.2 Å². The van der Waals surface area contributed by atoms with Gasteiger partial charge in [0.25, 0.3) is 5.91 Å². The number of nitrogens with one attached hydrogen (secondary N) is 1. The van der Waals surface area contributed by atoms with Crippen molar-refractivity contribution < 1.29 is 13.2 Å². The van der Waals surface area contributed by atoms with E-state index in [1.807, 2.05) is 0 Å². The summed E-state index contributed by atoms with van der Waals surface area (Å²) in [6.45, 7) is 5.21. The van der Waals surface area contributed by atoms with Gasteiger partial charge in [0.15, 0.2) is 9.84 Å². The molecule has 0 saturated carbocycles. The van der Waals surface area contributed by atoms with Crippen molar-refractivity contribution in [1.82, 2.24) is 10.2 Å². The number of nitrogens with zero attached hydrogens (tertiary/aromatic N) is 1. The van der Waals surface area contributed by atoms with Gasteiger partial charge in [0, 0.05) is 25.4 Å². The average molecular weight is 324 g/mol. The van der Waals surface area contributed by atoms with E-state index < -0.39 is 9.84 Å². The number of amides is 1. The van der Waals surface area contributed by atoms with Crippen LogP contribution in [0.5, 0.6) is 0 Å². The molecule has 2 rings (SSSR count). The second kappa shape index (κ2) is 7.24. The molecule has 22 heavy (non-hydrogen) atoms. The molecule has 1 heterocycles. The number of hydrogen-bond acceptors (Lipinski definition) is 4. The van der Waals surface area contributed by atoms with Gasteiger partial charge < -0.3 is 10.2 Å². The maximum atomic E-state index is 12.4. The smallest absolute Gasteiger partial charge is 0.252 e. The minimum atomic E-state index is -3.40. The summed E-state index contributed by atoms with van der Waals surface area (Å²) < 4.78 is 23.6. The Bertz CT molecular complexity index is 620. The minimum Gasteiger partial charge on any atom is -0.349 e. The fourth-order valence-corrected chi connectivity index (χ4v) is 3.74. The van der Waals surface area contributed by atoms with Crippen molar-refractivity contribution >= 4 is 15.7 Å². The van der Waals surface area contributed by atoms with E-state index in [4.69, 9.17) is 0 Å². The molecule has 0 spiro atoms. The van der Waals surface area contributed by atoms with Crippen LogP contribution < -0.4 is 5.32 Å². The van der Waals surface area contributed by atoms with Crippen molar-refractivity contribution in [2.75, 3.05) is 25.9 Å². The molecule has 1 aromatic rings. The first kappa shape index (κ1) is 17.0. The first-order chi connectivity index (χ1) is 10.4. The van der Waals surface area contributed by atoms with Crippen LogP contribution in [-0.4, -0.2) is 51.2 Å². The number of piperidine rings is 1. The normalized spacial score (nSPS) is 17.4. The molecule has 0 aliphatic carbocycles. The SMILES string of the molecule is CCCN1CCC(NC(=O)c2ccccc2S(C)(=O)=O)CC1. The summed E-state index contributed by atoms with van der Waals surface area (Å²) in [6.07, 6.45) is 4.08. The molecule has 1 saturated heterocycles. The summed E-state index contributed by atoms with van der Waals surface area (Å²) in [7, 11) is -3.40. The van der Waals surface area contributed by atoms with Crippen molar-refractivity contribution in [2.24, 2.45) is 0 Å². The average Bonchev–Trinajstić information content (AvgIpc) is 2.48. The van der Waals surface area contributed by atoms with Crippen molar-refractivity contribution in [3.8, 4) is 0 Å². The molecule has 1 amide bonds. The van der Waals surface area contributed by atoms with Crippen LogP contribution in [0.25, 0.3) is 0 Å². The van der Waals surface area contributed by atoms with Gasteiger partial charge >= 0.3 is 0 Å². The number of likely N-dealkylation sites (tertiary alicyclic amines) is 1. The fraction of sp³-hybridized carbons (Fsp3) is 0.562. The maximum Gasteiger partial charge on any atom is 0.252 e. The summed E-state index contributed by atoms with van der Waals surface area (Å²) in [6, 6.07) is 6.49. The molecule has 0 unspecified atom stereocenters. The third-order valence-electron chi connectivity index (χ3n) is 3.99. The monoisotopic (exact) mass is 324 g/mol. The van der Waals surface area contributed by atoms with Crippen LogP contribution in [0.3, 0.4) is 0 Å². The highest BCUT2D eigenvalue weighted by molar-refractivity contribution is 7.90. The largest absolute Gasteiger partial charge is 0.349 e. The van der Waals surface area contributed by atoms with E-state index in [9.17, 15) is 13.2 Å². The highest BCUT2D eigenvalue weighted by atomic mass is 32.2. The minimum absolute atomic E-state index is 0.0934. The van der Waals surface area contributed by atoms with Crippen LogP contribution in [0, 0.1) is 0 Å². The molecule has 0 radical (unpaired) electrons. The summed E-state index contributed by atoms with van der Waals surface area (Å²) in [5.74, 6) is -0.296. The van der Waals surface area contributed by atoms with Crippen molar-refractivity contribution in [3.05, 3.63) is 29.8 Å². The summed E-state index contributed by atoms with van der Waals surface area (Å²) >= 11 is 0. The fourth-order valence-electron chi connectivity index (χ4n) is 2.86. The Balaban J connectivity index is 2.02. The van der Waals surface area contributed by atoms with Gasteiger partial charge in [0.2, 0.25) is 0 Å². The lowest BCUT2D eigenvalue weighted by Gasteiger charge is -2.32. The van der Waals surface area contributed by atoms with Gasteiger partial charge in [-0.2, -0.15) is 0 Å². The van der Waals surface area contributed by atoms with Gasteiger partial charge in [0.1, 0.15) is 0 Å². The first-order valence-electron chi connectivity index (χ1n) is 7.74. The lowest BCUT2D eigenvalue weighted by Crippen LogP contribution is -2.45. The number of hydrogen-bond donors (Lipinski definition) is 1. The molecule has 0 aromatic heterocycles. The molecular formula is C16H24N2O3S. The Morgan fingerprint density at radius 3 is 2.50 bits per heavy atom. The molecular weight excluding hydrogens is 300 g/mol. The molecule has 1 aliphatic rings. The zero-order valence-electron chi connectivity index (χ0n) is 13.2. The molecule has 1 aliphatic heterocycles. The van der Waals surface area contributed by atoms with E-state index in [0.29, 0.717) is 0 Å². The number of carbonyl (C=O) groups is 1. The van der Waals surface area contributed by atoms with E-state index >= 15 is 0 Å². The lowest BCUT2D eigenvalue weighted by atomic mass is 10.0. The predicted molar refractivity (Wildman–Crippen MR) is 86.8 cm³/mol. The van der Waals surface area contributed by atoms with E-state index in [-0.39, 0.29) is 22.4 Å². The Morgan fingerprint density at radius 2 is 1.91 bits per heavy atom. The van der Waals surface area contributed by atoms with E-state index in [2.05, 4.69) is 17.1 Å². The highest BCUT2D eigenvalue weighted by Crippen LogP contribution is 2.17. The van der Waals surface area contributed by atoms with E-state index in [1.54, 1.807) is 18.2 Å². The molecule has 5 nitrogen and oxygen atoms in total. The van der Waals surface area contributed by atoms with Crippen molar-refractivity contribution in [1.29, 1.82) is 0 Å². The Hall–Kier alpha value is -1.40. The Labute approximate surface area is 132 Å².